The molecule has 0 saturated carbocycles. The number of piperidine rings is 1. The Bertz CT molecular complexity index is 773. The van der Waals surface area contributed by atoms with Crippen LogP contribution in [0.2, 0.25) is 0 Å². The molecular weight excluding hydrogens is 336 g/mol. The molecule has 2 aliphatic heterocycles. The maximum Gasteiger partial charge on any atom is 0.289 e. The van der Waals surface area contributed by atoms with Crippen LogP contribution in [0.3, 0.4) is 0 Å². The van der Waals surface area contributed by atoms with Crippen LogP contribution < -0.4 is 0 Å². The van der Waals surface area contributed by atoms with E-state index in [1.54, 1.807) is 18.4 Å². The minimum atomic E-state index is 0.0237. The van der Waals surface area contributed by atoms with E-state index in [-0.39, 0.29) is 11.3 Å². The summed E-state index contributed by atoms with van der Waals surface area (Å²) in [6, 6.07) is 12.5. The lowest BCUT2D eigenvalue weighted by atomic mass is 9.68. The summed E-state index contributed by atoms with van der Waals surface area (Å²) in [6.07, 6.45) is 4.85. The standard InChI is InChI=1S/C23H30N2O2/c1-18(2)9-12-24-16-19-6-3-4-7-20(19)23(17-24)10-13-25(14-11-23)22(26)21-8-5-15-27-21/h3-8,15,18H,9-14,16-17H2,1-2H3. The van der Waals surface area contributed by atoms with Crippen molar-refractivity contribution in [3.63, 3.8) is 0 Å². The molecule has 1 aromatic carbocycles. The third-order valence-corrected chi connectivity index (χ3v) is 6.27. The summed E-state index contributed by atoms with van der Waals surface area (Å²) in [5.74, 6) is 1.20. The van der Waals surface area contributed by atoms with Crippen LogP contribution >= 0.6 is 0 Å². The first-order valence-corrected chi connectivity index (χ1v) is 10.2. The third kappa shape index (κ3) is 3.68. The number of carbonyl (C=O) groups is 1. The smallest absolute Gasteiger partial charge is 0.289 e. The van der Waals surface area contributed by atoms with Gasteiger partial charge in [-0.05, 0) is 55.0 Å². The van der Waals surface area contributed by atoms with Crippen LogP contribution in [0.25, 0.3) is 0 Å². The molecule has 3 heterocycles. The zero-order valence-corrected chi connectivity index (χ0v) is 16.5. The molecule has 27 heavy (non-hydrogen) atoms. The summed E-state index contributed by atoms with van der Waals surface area (Å²) in [4.78, 5) is 17.2. The van der Waals surface area contributed by atoms with Crippen molar-refractivity contribution in [2.45, 2.75) is 45.1 Å². The molecule has 0 aliphatic carbocycles. The normalized spacial score (nSPS) is 19.4. The van der Waals surface area contributed by atoms with Gasteiger partial charge in [-0.2, -0.15) is 0 Å². The van der Waals surface area contributed by atoms with Gasteiger partial charge in [-0.1, -0.05) is 38.1 Å². The van der Waals surface area contributed by atoms with E-state index >= 15 is 0 Å². The van der Waals surface area contributed by atoms with Gasteiger partial charge in [0.25, 0.3) is 5.91 Å². The highest BCUT2D eigenvalue weighted by molar-refractivity contribution is 5.91. The first-order chi connectivity index (χ1) is 13.1. The second kappa shape index (κ2) is 7.51. The van der Waals surface area contributed by atoms with Crippen LogP contribution in [0.4, 0.5) is 0 Å². The number of likely N-dealkylation sites (tertiary alicyclic amines) is 1. The van der Waals surface area contributed by atoms with Crippen molar-refractivity contribution in [3.05, 3.63) is 59.5 Å². The number of furan rings is 1. The van der Waals surface area contributed by atoms with Crippen LogP contribution in [0, 0.1) is 5.92 Å². The molecule has 0 radical (unpaired) electrons. The average molecular weight is 367 g/mol. The van der Waals surface area contributed by atoms with E-state index in [0.717, 1.165) is 51.5 Å². The highest BCUT2D eigenvalue weighted by Gasteiger charge is 2.42. The Morgan fingerprint density at radius 2 is 1.93 bits per heavy atom. The van der Waals surface area contributed by atoms with E-state index in [4.69, 9.17) is 4.42 Å². The summed E-state index contributed by atoms with van der Waals surface area (Å²) in [7, 11) is 0. The number of rotatable bonds is 4. The van der Waals surface area contributed by atoms with Crippen molar-refractivity contribution in [2.24, 2.45) is 5.92 Å². The summed E-state index contributed by atoms with van der Waals surface area (Å²) in [5, 5.41) is 0. The Balaban J connectivity index is 1.52. The fourth-order valence-corrected chi connectivity index (χ4v) is 4.71. The summed E-state index contributed by atoms with van der Waals surface area (Å²) < 4.78 is 5.31. The van der Waals surface area contributed by atoms with Crippen LogP contribution in [0.1, 0.15) is 54.8 Å². The minimum absolute atomic E-state index is 0.0237. The maximum absolute atomic E-state index is 12.6. The van der Waals surface area contributed by atoms with Gasteiger partial charge in [0.05, 0.1) is 6.26 Å². The zero-order chi connectivity index (χ0) is 18.9. The highest BCUT2D eigenvalue weighted by Crippen LogP contribution is 2.42. The van der Waals surface area contributed by atoms with Gasteiger partial charge >= 0.3 is 0 Å². The Morgan fingerprint density at radius 3 is 2.63 bits per heavy atom. The van der Waals surface area contributed by atoms with E-state index in [1.807, 2.05) is 4.90 Å². The predicted molar refractivity (Wildman–Crippen MR) is 107 cm³/mol. The van der Waals surface area contributed by atoms with Crippen LogP contribution in [0.15, 0.2) is 47.1 Å². The van der Waals surface area contributed by atoms with Crippen molar-refractivity contribution in [1.82, 2.24) is 9.80 Å². The Morgan fingerprint density at radius 1 is 1.15 bits per heavy atom. The number of hydrogen-bond acceptors (Lipinski definition) is 3. The molecule has 0 unspecified atom stereocenters. The second-order valence-electron chi connectivity index (χ2n) is 8.60. The lowest BCUT2D eigenvalue weighted by molar-refractivity contribution is 0.0561. The van der Waals surface area contributed by atoms with Gasteiger partial charge in [0, 0.05) is 31.6 Å². The number of hydrogen-bond donors (Lipinski definition) is 0. The lowest BCUT2D eigenvalue weighted by Crippen LogP contribution is -2.53. The fraction of sp³-hybridized carbons (Fsp3) is 0.522. The van der Waals surface area contributed by atoms with Gasteiger partial charge in [0.15, 0.2) is 5.76 Å². The molecule has 1 aromatic heterocycles. The zero-order valence-electron chi connectivity index (χ0n) is 16.5. The molecule has 2 aromatic rings. The maximum atomic E-state index is 12.6. The number of carbonyl (C=O) groups excluding carboxylic acids is 1. The first kappa shape index (κ1) is 18.3. The van der Waals surface area contributed by atoms with Gasteiger partial charge in [-0.3, -0.25) is 9.69 Å². The molecule has 144 valence electrons. The van der Waals surface area contributed by atoms with E-state index in [2.05, 4.69) is 43.0 Å². The van der Waals surface area contributed by atoms with E-state index in [0.29, 0.717) is 5.76 Å². The molecular formula is C23H30N2O2. The third-order valence-electron chi connectivity index (χ3n) is 6.27. The monoisotopic (exact) mass is 366 g/mol. The molecule has 1 spiro atoms. The number of nitrogens with zero attached hydrogens (tertiary/aromatic N) is 2. The quantitative estimate of drug-likeness (QED) is 0.809. The van der Waals surface area contributed by atoms with Gasteiger partial charge in [-0.25, -0.2) is 0 Å². The lowest BCUT2D eigenvalue weighted by Gasteiger charge is -2.48. The van der Waals surface area contributed by atoms with Crippen molar-refractivity contribution in [1.29, 1.82) is 0 Å². The van der Waals surface area contributed by atoms with Gasteiger partial charge in [0.1, 0.15) is 0 Å². The van der Waals surface area contributed by atoms with Crippen molar-refractivity contribution in [2.75, 3.05) is 26.2 Å². The SMILES string of the molecule is CC(C)CCN1Cc2ccccc2C2(CCN(C(=O)c3ccco3)CC2)C1. The fourth-order valence-electron chi connectivity index (χ4n) is 4.71. The van der Waals surface area contributed by atoms with Crippen LogP contribution in [-0.2, 0) is 12.0 Å². The summed E-state index contributed by atoms with van der Waals surface area (Å²) in [6.45, 7) is 9.51. The molecule has 0 N–H and O–H groups in total. The van der Waals surface area contributed by atoms with Crippen LogP contribution in [0.5, 0.6) is 0 Å². The van der Waals surface area contributed by atoms with Gasteiger partial charge < -0.3 is 9.32 Å². The molecule has 0 atom stereocenters. The highest BCUT2D eigenvalue weighted by atomic mass is 16.3. The van der Waals surface area contributed by atoms with Gasteiger partial charge in [0.2, 0.25) is 0 Å². The Hall–Kier alpha value is -2.07. The number of amides is 1. The topological polar surface area (TPSA) is 36.7 Å². The molecule has 4 heteroatoms. The summed E-state index contributed by atoms with van der Waals surface area (Å²) >= 11 is 0. The predicted octanol–water partition coefficient (Wildman–Crippen LogP) is 4.32. The van der Waals surface area contributed by atoms with Crippen molar-refractivity contribution in [3.8, 4) is 0 Å². The van der Waals surface area contributed by atoms with E-state index < -0.39 is 0 Å². The van der Waals surface area contributed by atoms with Crippen molar-refractivity contribution < 1.29 is 9.21 Å². The number of benzene rings is 1. The Labute approximate surface area is 162 Å². The average Bonchev–Trinajstić information content (AvgIpc) is 3.21. The van der Waals surface area contributed by atoms with E-state index in [1.165, 1.54) is 17.5 Å². The second-order valence-corrected chi connectivity index (χ2v) is 8.60. The number of fused-ring (bicyclic) bond motifs is 2. The molecule has 1 saturated heterocycles. The molecule has 4 rings (SSSR count). The minimum Gasteiger partial charge on any atom is -0.459 e. The molecule has 1 fully saturated rings. The summed E-state index contributed by atoms with van der Waals surface area (Å²) in [5.41, 5.74) is 3.15. The molecule has 2 aliphatic rings. The molecule has 4 nitrogen and oxygen atoms in total. The van der Waals surface area contributed by atoms with Crippen molar-refractivity contribution >= 4 is 5.91 Å². The van der Waals surface area contributed by atoms with Crippen LogP contribution in [-0.4, -0.2) is 41.9 Å². The Kier molecular flexibility index (Phi) is 5.09. The molecule has 0 bridgehead atoms. The molecule has 1 amide bonds. The largest absolute Gasteiger partial charge is 0.459 e. The first-order valence-electron chi connectivity index (χ1n) is 10.2. The van der Waals surface area contributed by atoms with Gasteiger partial charge in [-0.15, -0.1) is 0 Å². The van der Waals surface area contributed by atoms with E-state index in [9.17, 15) is 4.79 Å².